The van der Waals surface area contributed by atoms with Crippen LogP contribution in [0.15, 0.2) is 12.3 Å². The van der Waals surface area contributed by atoms with E-state index < -0.39 is 0 Å². The first-order chi connectivity index (χ1) is 12.6. The Morgan fingerprint density at radius 1 is 1.19 bits per heavy atom. The van der Waals surface area contributed by atoms with Gasteiger partial charge in [0.2, 0.25) is 11.9 Å². The molecule has 2 aliphatic rings. The van der Waals surface area contributed by atoms with Gasteiger partial charge in [0.1, 0.15) is 0 Å². The number of carbonyl (C=O) groups excluding carboxylic acids is 1. The molecule has 2 saturated heterocycles. The van der Waals surface area contributed by atoms with Crippen LogP contribution in [0.3, 0.4) is 0 Å². The van der Waals surface area contributed by atoms with Gasteiger partial charge < -0.3 is 9.80 Å². The number of amides is 1. The number of aromatic nitrogens is 2. The second-order valence-corrected chi connectivity index (χ2v) is 7.61. The number of hydrogen-bond donors (Lipinski definition) is 0. The van der Waals surface area contributed by atoms with Gasteiger partial charge in [0.05, 0.1) is 5.92 Å². The molecule has 0 N–H and O–H groups in total. The Balaban J connectivity index is 1.56. The van der Waals surface area contributed by atoms with Crippen molar-refractivity contribution in [1.29, 1.82) is 0 Å². The number of hydrogen-bond acceptors (Lipinski definition) is 5. The lowest BCUT2D eigenvalue weighted by molar-refractivity contribution is -0.138. The fraction of sp³-hybridized carbons (Fsp3) is 0.750. The van der Waals surface area contributed by atoms with Crippen LogP contribution in [0.25, 0.3) is 0 Å². The molecule has 6 heteroatoms. The molecule has 2 aliphatic heterocycles. The number of aryl methyl sites for hydroxylation is 1. The Labute approximate surface area is 157 Å². The van der Waals surface area contributed by atoms with Gasteiger partial charge >= 0.3 is 0 Å². The van der Waals surface area contributed by atoms with E-state index in [0.717, 1.165) is 63.8 Å². The van der Waals surface area contributed by atoms with Crippen molar-refractivity contribution in [3.05, 3.63) is 18.0 Å². The van der Waals surface area contributed by atoms with Gasteiger partial charge in [0.15, 0.2) is 0 Å². The summed E-state index contributed by atoms with van der Waals surface area (Å²) in [6, 6.07) is 2.57. The number of carbonyl (C=O) groups is 1. The minimum Gasteiger partial charge on any atom is -0.340 e. The molecule has 6 nitrogen and oxygen atoms in total. The van der Waals surface area contributed by atoms with Crippen LogP contribution in [0, 0.1) is 12.8 Å². The normalized spacial score (nSPS) is 22.1. The fourth-order valence-corrected chi connectivity index (χ4v) is 4.32. The zero-order chi connectivity index (χ0) is 18.5. The summed E-state index contributed by atoms with van der Waals surface area (Å²) in [6.45, 7) is 11.9. The van der Waals surface area contributed by atoms with Gasteiger partial charge in [-0.3, -0.25) is 9.69 Å². The summed E-state index contributed by atoms with van der Waals surface area (Å²) in [5.41, 5.74) is 0.973. The zero-order valence-electron chi connectivity index (χ0n) is 16.5. The molecule has 0 bridgehead atoms. The van der Waals surface area contributed by atoms with E-state index in [0.29, 0.717) is 11.9 Å². The van der Waals surface area contributed by atoms with Gasteiger partial charge in [-0.25, -0.2) is 9.97 Å². The van der Waals surface area contributed by atoms with E-state index in [1.807, 2.05) is 13.0 Å². The van der Waals surface area contributed by atoms with E-state index in [2.05, 4.69) is 38.5 Å². The standard InChI is InChI=1S/C20H33N5O/c1-4-18(5-2)23-11-13-24(14-12-23)19(26)17-7-6-10-25(15-17)20-21-9-8-16(3)22-20/h8-9,17-18H,4-7,10-15H2,1-3H3. The van der Waals surface area contributed by atoms with Crippen molar-refractivity contribution in [3.8, 4) is 0 Å². The molecule has 3 rings (SSSR count). The number of rotatable bonds is 5. The Hall–Kier alpha value is -1.69. The molecule has 144 valence electrons. The van der Waals surface area contributed by atoms with Crippen molar-refractivity contribution < 1.29 is 4.79 Å². The molecule has 0 radical (unpaired) electrons. The molecule has 1 unspecified atom stereocenters. The lowest BCUT2D eigenvalue weighted by Crippen LogP contribution is -2.54. The van der Waals surface area contributed by atoms with Crippen molar-refractivity contribution in [3.63, 3.8) is 0 Å². The van der Waals surface area contributed by atoms with E-state index in [4.69, 9.17) is 0 Å². The SMILES string of the molecule is CCC(CC)N1CCN(C(=O)C2CCCN(c3nccc(C)n3)C2)CC1. The van der Waals surface area contributed by atoms with Gasteiger partial charge in [-0.15, -0.1) is 0 Å². The van der Waals surface area contributed by atoms with Gasteiger partial charge in [-0.05, 0) is 38.7 Å². The van der Waals surface area contributed by atoms with Gasteiger partial charge in [0.25, 0.3) is 0 Å². The highest BCUT2D eigenvalue weighted by Gasteiger charge is 2.32. The average molecular weight is 360 g/mol. The second-order valence-electron chi connectivity index (χ2n) is 7.61. The topological polar surface area (TPSA) is 52.6 Å². The van der Waals surface area contributed by atoms with Crippen molar-refractivity contribution >= 4 is 11.9 Å². The van der Waals surface area contributed by atoms with Gasteiger partial charge in [0, 0.05) is 57.2 Å². The molecule has 0 spiro atoms. The number of anilines is 1. The second kappa shape index (κ2) is 8.80. The van der Waals surface area contributed by atoms with Crippen molar-refractivity contribution in [2.75, 3.05) is 44.2 Å². The molecule has 1 amide bonds. The maximum absolute atomic E-state index is 13.1. The van der Waals surface area contributed by atoms with E-state index in [1.54, 1.807) is 6.20 Å². The summed E-state index contributed by atoms with van der Waals surface area (Å²) in [4.78, 5) is 28.8. The first-order valence-corrected chi connectivity index (χ1v) is 10.2. The van der Waals surface area contributed by atoms with E-state index in [-0.39, 0.29) is 5.92 Å². The largest absolute Gasteiger partial charge is 0.340 e. The molecule has 0 aromatic carbocycles. The molecule has 3 heterocycles. The minimum absolute atomic E-state index is 0.0764. The predicted octanol–water partition coefficient (Wildman–Crippen LogP) is 2.33. The van der Waals surface area contributed by atoms with Crippen LogP contribution in [0.1, 0.15) is 45.2 Å². The molecule has 2 fully saturated rings. The fourth-order valence-electron chi connectivity index (χ4n) is 4.32. The van der Waals surface area contributed by atoms with Crippen LogP contribution in [0.5, 0.6) is 0 Å². The summed E-state index contributed by atoms with van der Waals surface area (Å²) in [5, 5.41) is 0. The Morgan fingerprint density at radius 3 is 2.58 bits per heavy atom. The summed E-state index contributed by atoms with van der Waals surface area (Å²) in [6.07, 6.45) is 6.20. The lowest BCUT2D eigenvalue weighted by atomic mass is 9.96. The monoisotopic (exact) mass is 359 g/mol. The smallest absolute Gasteiger partial charge is 0.227 e. The van der Waals surface area contributed by atoms with Crippen molar-refractivity contribution in [2.24, 2.45) is 5.92 Å². The first kappa shape index (κ1) is 19.1. The van der Waals surface area contributed by atoms with Crippen molar-refractivity contribution in [2.45, 2.75) is 52.5 Å². The highest BCUT2D eigenvalue weighted by atomic mass is 16.2. The molecule has 0 aliphatic carbocycles. The van der Waals surface area contributed by atoms with Crippen LogP contribution in [-0.4, -0.2) is 71.0 Å². The Kier molecular flexibility index (Phi) is 6.46. The van der Waals surface area contributed by atoms with Crippen LogP contribution in [-0.2, 0) is 4.79 Å². The maximum atomic E-state index is 13.1. The summed E-state index contributed by atoms with van der Waals surface area (Å²) >= 11 is 0. The molecule has 0 saturated carbocycles. The van der Waals surface area contributed by atoms with Crippen molar-refractivity contribution in [1.82, 2.24) is 19.8 Å². The van der Waals surface area contributed by atoms with Crippen LogP contribution in [0.4, 0.5) is 5.95 Å². The molecule has 1 atom stereocenters. The first-order valence-electron chi connectivity index (χ1n) is 10.2. The van der Waals surface area contributed by atoms with Crippen LogP contribution < -0.4 is 4.90 Å². The predicted molar refractivity (Wildman–Crippen MR) is 104 cm³/mol. The zero-order valence-corrected chi connectivity index (χ0v) is 16.5. The molecular weight excluding hydrogens is 326 g/mol. The third-order valence-corrected chi connectivity index (χ3v) is 5.92. The third-order valence-electron chi connectivity index (χ3n) is 5.92. The number of nitrogens with zero attached hydrogens (tertiary/aromatic N) is 5. The molecule has 26 heavy (non-hydrogen) atoms. The quantitative estimate of drug-likeness (QED) is 0.808. The summed E-state index contributed by atoms with van der Waals surface area (Å²) in [5.74, 6) is 1.17. The Bertz CT molecular complexity index is 596. The highest BCUT2D eigenvalue weighted by molar-refractivity contribution is 5.79. The van der Waals surface area contributed by atoms with Crippen LogP contribution in [0.2, 0.25) is 0 Å². The van der Waals surface area contributed by atoms with Crippen LogP contribution >= 0.6 is 0 Å². The third kappa shape index (κ3) is 4.34. The van der Waals surface area contributed by atoms with Gasteiger partial charge in [-0.2, -0.15) is 0 Å². The summed E-state index contributed by atoms with van der Waals surface area (Å²) in [7, 11) is 0. The maximum Gasteiger partial charge on any atom is 0.227 e. The average Bonchev–Trinajstić information content (AvgIpc) is 2.69. The van der Waals surface area contributed by atoms with E-state index in [1.165, 1.54) is 12.8 Å². The van der Waals surface area contributed by atoms with E-state index in [9.17, 15) is 4.79 Å². The number of piperidine rings is 1. The van der Waals surface area contributed by atoms with Gasteiger partial charge in [-0.1, -0.05) is 13.8 Å². The minimum atomic E-state index is 0.0764. The van der Waals surface area contributed by atoms with E-state index >= 15 is 0 Å². The molecule has 1 aromatic rings. The number of piperazine rings is 1. The lowest BCUT2D eigenvalue weighted by Gasteiger charge is -2.41. The summed E-state index contributed by atoms with van der Waals surface area (Å²) < 4.78 is 0. The Morgan fingerprint density at radius 2 is 1.92 bits per heavy atom. The molecular formula is C20H33N5O. The highest BCUT2D eigenvalue weighted by Crippen LogP contribution is 2.23. The molecule has 1 aromatic heterocycles.